The number of amides is 2. The predicted molar refractivity (Wildman–Crippen MR) is 78.7 cm³/mol. The molecule has 2 aliphatic heterocycles. The van der Waals surface area contributed by atoms with E-state index in [4.69, 9.17) is 0 Å². The Bertz CT molecular complexity index is 578. The summed E-state index contributed by atoms with van der Waals surface area (Å²) in [6.45, 7) is 5.51. The van der Waals surface area contributed by atoms with Crippen molar-refractivity contribution in [3.63, 3.8) is 0 Å². The van der Waals surface area contributed by atoms with Gasteiger partial charge in [0.15, 0.2) is 0 Å². The molecule has 1 unspecified atom stereocenters. The van der Waals surface area contributed by atoms with Crippen LogP contribution in [0.25, 0.3) is 0 Å². The zero-order valence-electron chi connectivity index (χ0n) is 12.0. The van der Waals surface area contributed by atoms with Crippen LogP contribution in [0.4, 0.5) is 5.82 Å². The number of rotatable bonds is 4. The molecule has 0 saturated carbocycles. The first-order valence-electron chi connectivity index (χ1n) is 7.43. The molecule has 112 valence electrons. The van der Waals surface area contributed by atoms with Gasteiger partial charge in [0.1, 0.15) is 11.6 Å². The summed E-state index contributed by atoms with van der Waals surface area (Å²) < 4.78 is 2.07. The second kappa shape index (κ2) is 5.71. The molecule has 1 N–H and O–H groups in total. The molecule has 0 aliphatic carbocycles. The maximum Gasteiger partial charge on any atom is 0.230 e. The van der Waals surface area contributed by atoms with Gasteiger partial charge in [-0.05, 0) is 12.8 Å². The van der Waals surface area contributed by atoms with Gasteiger partial charge in [0, 0.05) is 32.5 Å². The van der Waals surface area contributed by atoms with Crippen LogP contribution in [0.5, 0.6) is 0 Å². The first kappa shape index (κ1) is 13.9. The zero-order valence-corrected chi connectivity index (χ0v) is 12.0. The second-order valence-electron chi connectivity index (χ2n) is 5.65. The van der Waals surface area contributed by atoms with E-state index in [-0.39, 0.29) is 24.2 Å². The minimum atomic E-state index is -0.285. The number of carbonyl (C=O) groups excluding carboxylic acids is 2. The van der Waals surface area contributed by atoms with Crippen LogP contribution in [-0.4, -0.2) is 39.4 Å². The molecular formula is C15H20N4O2. The van der Waals surface area contributed by atoms with E-state index in [1.807, 2.05) is 0 Å². The van der Waals surface area contributed by atoms with Crippen molar-refractivity contribution < 1.29 is 9.59 Å². The van der Waals surface area contributed by atoms with Crippen LogP contribution in [0.2, 0.25) is 0 Å². The molecule has 2 amide bonds. The number of nitrogens with zero attached hydrogens (tertiary/aromatic N) is 3. The number of hydrogen-bond acceptors (Lipinski definition) is 3. The van der Waals surface area contributed by atoms with Crippen LogP contribution in [0.1, 0.15) is 25.1 Å². The molecular weight excluding hydrogens is 268 g/mol. The van der Waals surface area contributed by atoms with Gasteiger partial charge in [-0.3, -0.25) is 9.59 Å². The Kier molecular flexibility index (Phi) is 3.77. The van der Waals surface area contributed by atoms with E-state index in [9.17, 15) is 9.59 Å². The van der Waals surface area contributed by atoms with E-state index in [0.717, 1.165) is 37.4 Å². The molecule has 1 fully saturated rings. The highest BCUT2D eigenvalue weighted by Gasteiger charge is 2.34. The van der Waals surface area contributed by atoms with Crippen molar-refractivity contribution >= 4 is 17.6 Å². The third-order valence-corrected chi connectivity index (χ3v) is 4.16. The van der Waals surface area contributed by atoms with Gasteiger partial charge < -0.3 is 14.8 Å². The number of aryl methyl sites for hydroxylation is 1. The Morgan fingerprint density at radius 1 is 1.52 bits per heavy atom. The van der Waals surface area contributed by atoms with E-state index < -0.39 is 0 Å². The summed E-state index contributed by atoms with van der Waals surface area (Å²) in [6, 6.07) is 0. The monoisotopic (exact) mass is 288 g/mol. The molecule has 1 saturated heterocycles. The van der Waals surface area contributed by atoms with Crippen molar-refractivity contribution in [3.05, 3.63) is 24.7 Å². The number of imidazole rings is 1. The Hall–Kier alpha value is -2.11. The molecule has 2 aliphatic rings. The minimum Gasteiger partial charge on any atom is -0.338 e. The molecule has 1 aromatic rings. The van der Waals surface area contributed by atoms with Crippen LogP contribution >= 0.6 is 0 Å². The van der Waals surface area contributed by atoms with Crippen LogP contribution in [-0.2, 0) is 22.6 Å². The topological polar surface area (TPSA) is 67.2 Å². The number of nitrogens with one attached hydrogen (secondary N) is 1. The van der Waals surface area contributed by atoms with E-state index in [1.165, 1.54) is 0 Å². The highest BCUT2D eigenvalue weighted by atomic mass is 16.2. The first-order chi connectivity index (χ1) is 10.2. The largest absolute Gasteiger partial charge is 0.338 e. The average Bonchev–Trinajstić information content (AvgIpc) is 3.05. The van der Waals surface area contributed by atoms with Crippen molar-refractivity contribution in [2.75, 3.05) is 18.4 Å². The number of carbonyl (C=O) groups is 2. The van der Waals surface area contributed by atoms with Crippen molar-refractivity contribution in [2.45, 2.75) is 32.2 Å². The number of likely N-dealkylation sites (tertiary alicyclic amines) is 1. The molecule has 21 heavy (non-hydrogen) atoms. The smallest absolute Gasteiger partial charge is 0.230 e. The van der Waals surface area contributed by atoms with Crippen molar-refractivity contribution in [1.82, 2.24) is 14.5 Å². The summed E-state index contributed by atoms with van der Waals surface area (Å²) in [6.07, 6.45) is 6.91. The molecule has 6 nitrogen and oxygen atoms in total. The van der Waals surface area contributed by atoms with Gasteiger partial charge in [-0.1, -0.05) is 6.08 Å². The lowest BCUT2D eigenvalue weighted by molar-refractivity contribution is -0.127. The van der Waals surface area contributed by atoms with Crippen LogP contribution in [0.3, 0.4) is 0 Å². The normalized spacial score (nSPS) is 21.2. The Balaban J connectivity index is 1.66. The lowest BCUT2D eigenvalue weighted by Crippen LogP contribution is -2.29. The van der Waals surface area contributed by atoms with E-state index in [0.29, 0.717) is 13.1 Å². The fourth-order valence-corrected chi connectivity index (χ4v) is 3.02. The summed E-state index contributed by atoms with van der Waals surface area (Å²) in [5.41, 5.74) is 0. The maximum absolute atomic E-state index is 12.3. The minimum absolute atomic E-state index is 0.0189. The fraction of sp³-hybridized carbons (Fsp3) is 0.533. The van der Waals surface area contributed by atoms with Crippen molar-refractivity contribution in [2.24, 2.45) is 5.92 Å². The molecule has 0 spiro atoms. The second-order valence-corrected chi connectivity index (χ2v) is 5.65. The fourth-order valence-electron chi connectivity index (χ4n) is 3.02. The Labute approximate surface area is 123 Å². The van der Waals surface area contributed by atoms with E-state index in [2.05, 4.69) is 21.4 Å². The SMILES string of the molecule is C=CCN1CC(C(=O)Nc2cnc3n2CCCC3)CC1=O. The number of aromatic nitrogens is 2. The Morgan fingerprint density at radius 2 is 2.38 bits per heavy atom. The van der Waals surface area contributed by atoms with Gasteiger partial charge >= 0.3 is 0 Å². The third kappa shape index (κ3) is 2.70. The average molecular weight is 288 g/mol. The summed E-state index contributed by atoms with van der Waals surface area (Å²) in [4.78, 5) is 30.2. The number of fused-ring (bicyclic) bond motifs is 1. The molecule has 1 atom stereocenters. The quantitative estimate of drug-likeness (QED) is 0.846. The van der Waals surface area contributed by atoms with Crippen molar-refractivity contribution in [1.29, 1.82) is 0 Å². The summed E-state index contributed by atoms with van der Waals surface area (Å²) in [5, 5.41) is 2.93. The molecule has 1 aromatic heterocycles. The predicted octanol–water partition coefficient (Wildman–Crippen LogP) is 1.19. The molecule has 0 bridgehead atoms. The van der Waals surface area contributed by atoms with Gasteiger partial charge in [-0.25, -0.2) is 4.98 Å². The molecule has 0 radical (unpaired) electrons. The van der Waals surface area contributed by atoms with Gasteiger partial charge in [0.05, 0.1) is 12.1 Å². The lowest BCUT2D eigenvalue weighted by atomic mass is 10.1. The van der Waals surface area contributed by atoms with Crippen LogP contribution in [0.15, 0.2) is 18.9 Å². The molecule has 0 aromatic carbocycles. The Morgan fingerprint density at radius 3 is 3.19 bits per heavy atom. The van der Waals surface area contributed by atoms with E-state index in [1.54, 1.807) is 17.2 Å². The molecule has 3 heterocycles. The first-order valence-corrected chi connectivity index (χ1v) is 7.43. The van der Waals surface area contributed by atoms with Crippen molar-refractivity contribution in [3.8, 4) is 0 Å². The van der Waals surface area contributed by atoms with Gasteiger partial charge in [-0.15, -0.1) is 6.58 Å². The highest BCUT2D eigenvalue weighted by molar-refractivity contribution is 5.96. The van der Waals surface area contributed by atoms with Gasteiger partial charge in [0.25, 0.3) is 0 Å². The standard InChI is InChI=1S/C15H20N4O2/c1-2-6-18-10-11(8-14(18)20)15(21)17-13-9-16-12-5-3-4-7-19(12)13/h2,9,11H,1,3-8,10H2,(H,17,21). The number of hydrogen-bond donors (Lipinski definition) is 1. The molecule has 6 heteroatoms. The lowest BCUT2D eigenvalue weighted by Gasteiger charge is -2.18. The summed E-state index contributed by atoms with van der Waals surface area (Å²) >= 11 is 0. The van der Waals surface area contributed by atoms with E-state index >= 15 is 0 Å². The summed E-state index contributed by atoms with van der Waals surface area (Å²) in [7, 11) is 0. The van der Waals surface area contributed by atoms with Gasteiger partial charge in [0.2, 0.25) is 11.8 Å². The third-order valence-electron chi connectivity index (χ3n) is 4.16. The van der Waals surface area contributed by atoms with Crippen LogP contribution in [0, 0.1) is 5.92 Å². The molecule has 3 rings (SSSR count). The maximum atomic E-state index is 12.3. The highest BCUT2D eigenvalue weighted by Crippen LogP contribution is 2.22. The summed E-state index contributed by atoms with van der Waals surface area (Å²) in [5.74, 6) is 1.43. The van der Waals surface area contributed by atoms with Gasteiger partial charge in [-0.2, -0.15) is 0 Å². The zero-order chi connectivity index (χ0) is 14.8. The van der Waals surface area contributed by atoms with Crippen LogP contribution < -0.4 is 5.32 Å². The number of anilines is 1.